The van der Waals surface area contributed by atoms with Gasteiger partial charge in [-0.05, 0) is 77.8 Å². The number of nitrogens with two attached hydrogens (primary N) is 1. The lowest BCUT2D eigenvalue weighted by Crippen LogP contribution is -2.42. The first kappa shape index (κ1) is 30.5. The highest BCUT2D eigenvalue weighted by Crippen LogP contribution is 2.51. The molecule has 1 atom stereocenters. The quantitative estimate of drug-likeness (QED) is 0.306. The van der Waals surface area contributed by atoms with Gasteiger partial charge in [-0.1, -0.05) is 56.3 Å². The Morgan fingerprint density at radius 2 is 1.67 bits per heavy atom. The minimum Gasteiger partial charge on any atom is -0.384 e. The number of aryl methyl sites for hydroxylation is 2. The molecule has 5 rings (SSSR count). The van der Waals surface area contributed by atoms with E-state index in [0.717, 1.165) is 45.9 Å². The number of anilines is 1. The summed E-state index contributed by atoms with van der Waals surface area (Å²) in [6.07, 6.45) is -3.71. The van der Waals surface area contributed by atoms with Crippen molar-refractivity contribution in [1.82, 2.24) is 0 Å². The van der Waals surface area contributed by atoms with E-state index in [1.165, 1.54) is 17.7 Å². The number of nitrogens with zero attached hydrogens (tertiary/aromatic N) is 2. The maximum Gasteiger partial charge on any atom is 0.416 e. The van der Waals surface area contributed by atoms with Crippen molar-refractivity contribution in [2.24, 2.45) is 11.1 Å². The first-order chi connectivity index (χ1) is 20.3. The summed E-state index contributed by atoms with van der Waals surface area (Å²) < 4.78 is 40.0. The number of nitriles is 1. The molecule has 1 aliphatic heterocycles. The zero-order valence-corrected chi connectivity index (χ0v) is 25.5. The van der Waals surface area contributed by atoms with E-state index in [-0.39, 0.29) is 17.2 Å². The Kier molecular flexibility index (Phi) is 8.24. The Morgan fingerprint density at radius 3 is 2.30 bits per heavy atom. The highest BCUT2D eigenvalue weighted by atomic mass is 32.2. The molecule has 0 saturated carbocycles. The summed E-state index contributed by atoms with van der Waals surface area (Å²) >= 11 is 1.80. The van der Waals surface area contributed by atoms with Gasteiger partial charge >= 0.3 is 6.18 Å². The molecular weight excluding hydrogens is 567 g/mol. The van der Waals surface area contributed by atoms with Crippen LogP contribution >= 0.6 is 11.8 Å². The number of carbonyl (C=O) groups is 1. The predicted octanol–water partition coefficient (Wildman–Crippen LogP) is 8.70. The van der Waals surface area contributed by atoms with Gasteiger partial charge in [-0.3, -0.25) is 9.69 Å². The highest BCUT2D eigenvalue weighted by molar-refractivity contribution is 7.97. The van der Waals surface area contributed by atoms with Gasteiger partial charge in [0.1, 0.15) is 5.82 Å². The van der Waals surface area contributed by atoms with Crippen molar-refractivity contribution >= 4 is 23.2 Å². The summed E-state index contributed by atoms with van der Waals surface area (Å²) in [5, 5.41) is 10.5. The van der Waals surface area contributed by atoms with E-state index in [9.17, 15) is 23.2 Å². The van der Waals surface area contributed by atoms with Crippen LogP contribution in [-0.4, -0.2) is 5.78 Å². The van der Waals surface area contributed by atoms with Crippen LogP contribution in [0, 0.1) is 30.6 Å². The largest absolute Gasteiger partial charge is 0.416 e. The normalized spacial score (nSPS) is 18.5. The molecule has 0 spiro atoms. The number of halogens is 3. The van der Waals surface area contributed by atoms with E-state index in [2.05, 4.69) is 37.3 Å². The van der Waals surface area contributed by atoms with Crippen molar-refractivity contribution in [3.8, 4) is 6.07 Å². The van der Waals surface area contributed by atoms with Crippen LogP contribution in [0.15, 0.2) is 89.4 Å². The Balaban J connectivity index is 1.61. The molecule has 0 radical (unpaired) electrons. The van der Waals surface area contributed by atoms with Crippen molar-refractivity contribution in [2.75, 3.05) is 4.90 Å². The summed E-state index contributed by atoms with van der Waals surface area (Å²) in [6.45, 7) is 8.03. The molecule has 2 aliphatic rings. The first-order valence-electron chi connectivity index (χ1n) is 14.2. The molecule has 4 nitrogen and oxygen atoms in total. The Morgan fingerprint density at radius 1 is 1.00 bits per heavy atom. The molecular formula is C35H34F3N3OS. The van der Waals surface area contributed by atoms with Crippen LogP contribution in [0.2, 0.25) is 0 Å². The minimum absolute atomic E-state index is 0.0756. The first-order valence-corrected chi connectivity index (χ1v) is 15.3. The summed E-state index contributed by atoms with van der Waals surface area (Å²) in [4.78, 5) is 15.6. The zero-order valence-electron chi connectivity index (χ0n) is 24.7. The van der Waals surface area contributed by atoms with Crippen molar-refractivity contribution in [3.63, 3.8) is 0 Å². The lowest BCUT2D eigenvalue weighted by molar-refractivity contribution is -0.137. The molecule has 0 saturated heterocycles. The fourth-order valence-corrected chi connectivity index (χ4v) is 7.21. The fraction of sp³-hybridized carbons (Fsp3) is 0.314. The average Bonchev–Trinajstić information content (AvgIpc) is 2.93. The fourth-order valence-electron chi connectivity index (χ4n) is 6.15. The third kappa shape index (κ3) is 6.09. The van der Waals surface area contributed by atoms with Crippen molar-refractivity contribution in [2.45, 2.75) is 64.1 Å². The maximum atomic E-state index is 13.9. The van der Waals surface area contributed by atoms with Gasteiger partial charge in [0.15, 0.2) is 5.78 Å². The molecule has 8 heteroatoms. The standard InChI is InChI=1S/C35H34F3N3OS/c1-21-14-22(2)27(15-24(21)20-43-19-23-8-6-5-7-9-23)31-28(18-39)33(40)41(26-12-10-25(11-13-26)35(36,37)38)29-16-34(3,4)17-30(42)32(29)31/h5-15,31H,16-17,19-20,40H2,1-4H3. The van der Waals surface area contributed by atoms with Gasteiger partial charge in [0.2, 0.25) is 0 Å². The number of carbonyl (C=O) groups excluding carboxylic acids is 1. The van der Waals surface area contributed by atoms with E-state index in [0.29, 0.717) is 29.8 Å². The number of benzene rings is 3. The van der Waals surface area contributed by atoms with Gasteiger partial charge in [-0.2, -0.15) is 30.2 Å². The SMILES string of the molecule is Cc1cc(C)c(C2C(C#N)=C(N)N(c3ccc(C(F)(F)F)cc3)C3=C2C(=O)CC(C)(C)C3)cc1CSCc1ccccc1. The number of hydrogen-bond donors (Lipinski definition) is 1. The third-order valence-corrected chi connectivity index (χ3v) is 9.29. The van der Waals surface area contributed by atoms with Crippen molar-refractivity contribution in [1.29, 1.82) is 5.26 Å². The molecule has 0 aromatic heterocycles. The van der Waals surface area contributed by atoms with Crippen LogP contribution in [-0.2, 0) is 22.5 Å². The number of ketones is 1. The maximum absolute atomic E-state index is 13.9. The van der Waals surface area contributed by atoms with Crippen LogP contribution in [0.4, 0.5) is 18.9 Å². The Hall–Kier alpha value is -3.96. The molecule has 0 fully saturated rings. The molecule has 0 bridgehead atoms. The van der Waals surface area contributed by atoms with Crippen LogP contribution in [0.1, 0.15) is 66.0 Å². The second kappa shape index (κ2) is 11.6. The number of Topliss-reactive ketones (excluding diaryl/α,β-unsaturated/α-hetero) is 1. The Bertz CT molecular complexity index is 1670. The molecule has 222 valence electrons. The van der Waals surface area contributed by atoms with E-state index in [1.54, 1.807) is 16.7 Å². The summed E-state index contributed by atoms with van der Waals surface area (Å²) in [5.41, 5.74) is 12.6. The van der Waals surface area contributed by atoms with Crippen LogP contribution in [0.5, 0.6) is 0 Å². The van der Waals surface area contributed by atoms with E-state index < -0.39 is 23.1 Å². The van der Waals surface area contributed by atoms with Crippen molar-refractivity contribution in [3.05, 3.63) is 123 Å². The van der Waals surface area contributed by atoms with Crippen LogP contribution in [0.3, 0.4) is 0 Å². The molecule has 1 heterocycles. The smallest absolute Gasteiger partial charge is 0.384 e. The number of rotatable bonds is 6. The summed E-state index contributed by atoms with van der Waals surface area (Å²) in [7, 11) is 0. The molecule has 3 aromatic rings. The van der Waals surface area contributed by atoms with Gasteiger partial charge in [-0.15, -0.1) is 0 Å². The molecule has 1 unspecified atom stereocenters. The van der Waals surface area contributed by atoms with E-state index >= 15 is 0 Å². The average molecular weight is 602 g/mol. The molecule has 1 aliphatic carbocycles. The van der Waals surface area contributed by atoms with Gasteiger partial charge in [0, 0.05) is 34.9 Å². The molecule has 2 N–H and O–H groups in total. The topological polar surface area (TPSA) is 70.1 Å². The van der Waals surface area contributed by atoms with Crippen molar-refractivity contribution < 1.29 is 18.0 Å². The van der Waals surface area contributed by atoms with Crippen LogP contribution in [0.25, 0.3) is 0 Å². The van der Waals surface area contributed by atoms with Gasteiger partial charge in [0.05, 0.1) is 23.1 Å². The lowest BCUT2D eigenvalue weighted by Gasteiger charge is -2.44. The third-order valence-electron chi connectivity index (χ3n) is 8.24. The molecule has 3 aromatic carbocycles. The predicted molar refractivity (Wildman–Crippen MR) is 166 cm³/mol. The monoisotopic (exact) mass is 601 g/mol. The highest BCUT2D eigenvalue weighted by Gasteiger charge is 2.45. The van der Waals surface area contributed by atoms with E-state index in [4.69, 9.17) is 5.73 Å². The summed E-state index contributed by atoms with van der Waals surface area (Å²) in [5.74, 6) is 1.01. The van der Waals surface area contributed by atoms with Crippen LogP contribution < -0.4 is 10.6 Å². The number of alkyl halides is 3. The second-order valence-corrected chi connectivity index (χ2v) is 13.1. The number of thioether (sulfide) groups is 1. The number of allylic oxidation sites excluding steroid dienone is 3. The minimum atomic E-state index is -4.49. The van der Waals surface area contributed by atoms with Gasteiger partial charge in [-0.25, -0.2) is 0 Å². The van der Waals surface area contributed by atoms with Gasteiger partial charge < -0.3 is 5.73 Å². The zero-order chi connectivity index (χ0) is 31.1. The summed E-state index contributed by atoms with van der Waals surface area (Å²) in [6, 6.07) is 21.4. The second-order valence-electron chi connectivity index (χ2n) is 12.1. The lowest BCUT2D eigenvalue weighted by atomic mass is 9.68. The van der Waals surface area contributed by atoms with Gasteiger partial charge in [0.25, 0.3) is 0 Å². The Labute approximate surface area is 255 Å². The number of hydrogen-bond acceptors (Lipinski definition) is 5. The van der Waals surface area contributed by atoms with E-state index in [1.807, 2.05) is 39.0 Å². The molecule has 43 heavy (non-hydrogen) atoms. The molecule has 0 amide bonds.